The third-order valence-corrected chi connectivity index (χ3v) is 4.43. The summed E-state index contributed by atoms with van der Waals surface area (Å²) < 4.78 is 13.7. The average molecular weight is 349 g/mol. The molecule has 0 atom stereocenters. The molecule has 0 saturated carbocycles. The van der Waals surface area contributed by atoms with Gasteiger partial charge in [0.05, 0.1) is 11.4 Å². The third kappa shape index (κ3) is 3.86. The second-order valence-corrected chi connectivity index (χ2v) is 6.36. The van der Waals surface area contributed by atoms with Crippen molar-refractivity contribution in [3.63, 3.8) is 0 Å². The molecule has 4 rings (SSSR count). The topological polar surface area (TPSA) is 62.7 Å². The number of pyridine rings is 1. The Morgan fingerprint density at radius 3 is 2.62 bits per heavy atom. The molecule has 26 heavy (non-hydrogen) atoms. The number of piperidine rings is 1. The van der Waals surface area contributed by atoms with E-state index in [1.165, 1.54) is 12.1 Å². The first-order valence-electron chi connectivity index (χ1n) is 8.81. The van der Waals surface area contributed by atoms with Crippen LogP contribution in [0.1, 0.15) is 12.8 Å². The second kappa shape index (κ2) is 7.58. The van der Waals surface area contributed by atoms with Gasteiger partial charge in [0.25, 0.3) is 0 Å². The molecule has 1 aromatic carbocycles. The number of benzene rings is 1. The van der Waals surface area contributed by atoms with E-state index in [-0.39, 0.29) is 5.82 Å². The van der Waals surface area contributed by atoms with Gasteiger partial charge >= 0.3 is 0 Å². The van der Waals surface area contributed by atoms with Crippen LogP contribution in [0, 0.1) is 5.82 Å². The molecule has 1 aliphatic rings. The molecule has 132 valence electrons. The van der Waals surface area contributed by atoms with E-state index in [4.69, 9.17) is 0 Å². The Morgan fingerprint density at radius 2 is 1.85 bits per heavy atom. The van der Waals surface area contributed by atoms with Crippen molar-refractivity contribution in [1.82, 2.24) is 20.3 Å². The SMILES string of the molecule is Fc1cccc(-c2nc(NC3CCNCC3)cc(-c3ccccn3)n2)c1. The summed E-state index contributed by atoms with van der Waals surface area (Å²) in [4.78, 5) is 13.6. The highest BCUT2D eigenvalue weighted by Gasteiger charge is 2.15. The fourth-order valence-corrected chi connectivity index (χ4v) is 3.10. The van der Waals surface area contributed by atoms with Gasteiger partial charge in [0.1, 0.15) is 11.6 Å². The molecule has 3 aromatic rings. The number of rotatable bonds is 4. The molecule has 3 heterocycles. The standard InChI is InChI=1S/C20H20FN5/c21-15-5-3-4-14(12-15)20-25-18(17-6-1-2-9-23-17)13-19(26-20)24-16-7-10-22-11-8-16/h1-6,9,12-13,16,22H,7-8,10-11H2,(H,24,25,26). The summed E-state index contributed by atoms with van der Waals surface area (Å²) in [5.74, 6) is 0.929. The van der Waals surface area contributed by atoms with Crippen molar-refractivity contribution >= 4 is 5.82 Å². The fourth-order valence-electron chi connectivity index (χ4n) is 3.10. The van der Waals surface area contributed by atoms with Crippen LogP contribution in [0.15, 0.2) is 54.7 Å². The van der Waals surface area contributed by atoms with Crippen molar-refractivity contribution in [3.8, 4) is 22.8 Å². The molecule has 6 heteroatoms. The monoisotopic (exact) mass is 349 g/mol. The lowest BCUT2D eigenvalue weighted by molar-refractivity contribution is 0.478. The van der Waals surface area contributed by atoms with E-state index in [0.717, 1.165) is 43.1 Å². The lowest BCUT2D eigenvalue weighted by Gasteiger charge is -2.24. The van der Waals surface area contributed by atoms with Crippen LogP contribution >= 0.6 is 0 Å². The van der Waals surface area contributed by atoms with Crippen molar-refractivity contribution < 1.29 is 4.39 Å². The number of aromatic nitrogens is 3. The minimum atomic E-state index is -0.304. The first-order valence-corrected chi connectivity index (χ1v) is 8.81. The zero-order chi connectivity index (χ0) is 17.8. The molecule has 0 spiro atoms. The van der Waals surface area contributed by atoms with Gasteiger partial charge in [-0.2, -0.15) is 0 Å². The van der Waals surface area contributed by atoms with Gasteiger partial charge in [0.2, 0.25) is 0 Å². The van der Waals surface area contributed by atoms with E-state index in [0.29, 0.717) is 17.4 Å². The third-order valence-electron chi connectivity index (χ3n) is 4.43. The number of nitrogens with one attached hydrogen (secondary N) is 2. The van der Waals surface area contributed by atoms with Crippen molar-refractivity contribution in [2.45, 2.75) is 18.9 Å². The number of nitrogens with zero attached hydrogens (tertiary/aromatic N) is 3. The van der Waals surface area contributed by atoms with E-state index < -0.39 is 0 Å². The zero-order valence-electron chi connectivity index (χ0n) is 14.3. The summed E-state index contributed by atoms with van der Waals surface area (Å²) >= 11 is 0. The zero-order valence-corrected chi connectivity index (χ0v) is 14.3. The largest absolute Gasteiger partial charge is 0.367 e. The highest BCUT2D eigenvalue weighted by Crippen LogP contribution is 2.24. The maximum atomic E-state index is 13.7. The smallest absolute Gasteiger partial charge is 0.162 e. The van der Waals surface area contributed by atoms with Gasteiger partial charge in [-0.3, -0.25) is 4.98 Å². The van der Waals surface area contributed by atoms with Crippen molar-refractivity contribution in [3.05, 3.63) is 60.5 Å². The fraction of sp³-hybridized carbons (Fsp3) is 0.250. The Bertz CT molecular complexity index is 878. The quantitative estimate of drug-likeness (QED) is 0.755. The molecule has 0 radical (unpaired) electrons. The highest BCUT2D eigenvalue weighted by molar-refractivity contribution is 5.65. The first-order chi connectivity index (χ1) is 12.8. The maximum absolute atomic E-state index is 13.7. The molecule has 1 aliphatic heterocycles. The van der Waals surface area contributed by atoms with Crippen LogP contribution < -0.4 is 10.6 Å². The van der Waals surface area contributed by atoms with Crippen molar-refractivity contribution in [1.29, 1.82) is 0 Å². The van der Waals surface area contributed by atoms with Crippen LogP contribution in [0.5, 0.6) is 0 Å². The Labute approximate surface area is 151 Å². The molecule has 1 fully saturated rings. The van der Waals surface area contributed by atoms with Crippen LogP contribution in [0.25, 0.3) is 22.8 Å². The number of halogens is 1. The second-order valence-electron chi connectivity index (χ2n) is 6.36. The summed E-state index contributed by atoms with van der Waals surface area (Å²) in [5, 5.41) is 6.86. The van der Waals surface area contributed by atoms with E-state index >= 15 is 0 Å². The summed E-state index contributed by atoms with van der Waals surface area (Å²) in [5.41, 5.74) is 2.13. The molecule has 0 unspecified atom stereocenters. The van der Waals surface area contributed by atoms with Gasteiger partial charge in [-0.15, -0.1) is 0 Å². The number of anilines is 1. The van der Waals surface area contributed by atoms with Gasteiger partial charge < -0.3 is 10.6 Å². The summed E-state index contributed by atoms with van der Waals surface area (Å²) in [6.45, 7) is 1.99. The molecule has 0 aliphatic carbocycles. The van der Waals surface area contributed by atoms with Gasteiger partial charge in [-0.25, -0.2) is 14.4 Å². The number of hydrogen-bond acceptors (Lipinski definition) is 5. The Kier molecular flexibility index (Phi) is 4.84. The minimum absolute atomic E-state index is 0.304. The Morgan fingerprint density at radius 1 is 0.962 bits per heavy atom. The van der Waals surface area contributed by atoms with Crippen LogP contribution in [-0.2, 0) is 0 Å². The predicted molar refractivity (Wildman–Crippen MR) is 100 cm³/mol. The van der Waals surface area contributed by atoms with Gasteiger partial charge in [0, 0.05) is 23.9 Å². The molecule has 5 nitrogen and oxygen atoms in total. The van der Waals surface area contributed by atoms with Gasteiger partial charge in [0.15, 0.2) is 5.82 Å². The molecule has 1 saturated heterocycles. The van der Waals surface area contributed by atoms with E-state index in [9.17, 15) is 4.39 Å². The molecular formula is C20H20FN5. The highest BCUT2D eigenvalue weighted by atomic mass is 19.1. The van der Waals surface area contributed by atoms with E-state index in [1.54, 1.807) is 12.3 Å². The van der Waals surface area contributed by atoms with Gasteiger partial charge in [-0.05, 0) is 50.2 Å². The molecule has 0 amide bonds. The maximum Gasteiger partial charge on any atom is 0.162 e. The predicted octanol–water partition coefficient (Wildman–Crippen LogP) is 3.51. The van der Waals surface area contributed by atoms with Crippen LogP contribution in [0.2, 0.25) is 0 Å². The normalized spacial score (nSPS) is 15.0. The number of hydrogen-bond donors (Lipinski definition) is 2. The van der Waals surface area contributed by atoms with Crippen LogP contribution in [0.3, 0.4) is 0 Å². The van der Waals surface area contributed by atoms with E-state index in [1.807, 2.05) is 30.3 Å². The summed E-state index contributed by atoms with van der Waals surface area (Å²) in [6, 6.07) is 14.3. The molecule has 0 bridgehead atoms. The summed E-state index contributed by atoms with van der Waals surface area (Å²) in [6.07, 6.45) is 3.82. The first kappa shape index (κ1) is 16.6. The average Bonchev–Trinajstić information content (AvgIpc) is 2.69. The minimum Gasteiger partial charge on any atom is -0.367 e. The molecular weight excluding hydrogens is 329 g/mol. The Hall–Kier alpha value is -2.86. The lowest BCUT2D eigenvalue weighted by atomic mass is 10.1. The van der Waals surface area contributed by atoms with Crippen molar-refractivity contribution in [2.75, 3.05) is 18.4 Å². The van der Waals surface area contributed by atoms with Gasteiger partial charge in [-0.1, -0.05) is 18.2 Å². The van der Waals surface area contributed by atoms with E-state index in [2.05, 4.69) is 25.6 Å². The summed E-state index contributed by atoms with van der Waals surface area (Å²) in [7, 11) is 0. The molecule has 2 aromatic heterocycles. The lowest BCUT2D eigenvalue weighted by Crippen LogP contribution is -2.35. The van der Waals surface area contributed by atoms with Crippen molar-refractivity contribution in [2.24, 2.45) is 0 Å². The molecule has 2 N–H and O–H groups in total. The van der Waals surface area contributed by atoms with Crippen LogP contribution in [0.4, 0.5) is 10.2 Å². The van der Waals surface area contributed by atoms with Crippen LogP contribution in [-0.4, -0.2) is 34.1 Å². The Balaban J connectivity index is 1.74.